The van der Waals surface area contributed by atoms with Gasteiger partial charge in [-0.1, -0.05) is 24.3 Å². The largest absolute Gasteiger partial charge is 0.394 e. The summed E-state index contributed by atoms with van der Waals surface area (Å²) in [6.07, 6.45) is 5.78. The molecule has 0 aliphatic carbocycles. The van der Waals surface area contributed by atoms with Gasteiger partial charge in [-0.25, -0.2) is 0 Å². The van der Waals surface area contributed by atoms with E-state index in [0.29, 0.717) is 13.0 Å². The van der Waals surface area contributed by atoms with Crippen molar-refractivity contribution in [2.75, 3.05) is 13.2 Å². The zero-order valence-electron chi connectivity index (χ0n) is 14.8. The first-order valence-electron chi connectivity index (χ1n) is 8.77. The topological polar surface area (TPSA) is 82.5 Å². The molecule has 1 aromatic heterocycles. The molecule has 3 rings (SSSR count). The highest BCUT2D eigenvalue weighted by Gasteiger charge is 2.30. The van der Waals surface area contributed by atoms with Crippen LogP contribution in [0.4, 0.5) is 0 Å². The van der Waals surface area contributed by atoms with E-state index >= 15 is 0 Å². The quantitative estimate of drug-likeness (QED) is 0.776. The summed E-state index contributed by atoms with van der Waals surface area (Å²) in [5, 5.41) is 12.6. The van der Waals surface area contributed by atoms with Crippen LogP contribution in [0.25, 0.3) is 11.1 Å². The van der Waals surface area contributed by atoms with Crippen LogP contribution in [0.15, 0.2) is 42.7 Å². The molecule has 0 spiro atoms. The highest BCUT2D eigenvalue weighted by molar-refractivity contribution is 5.84. The molecule has 26 heavy (non-hydrogen) atoms. The molecule has 6 nitrogen and oxygen atoms in total. The van der Waals surface area contributed by atoms with Crippen molar-refractivity contribution >= 4 is 12.3 Å². The summed E-state index contributed by atoms with van der Waals surface area (Å²) in [5.41, 5.74) is 4.04. The fourth-order valence-electron chi connectivity index (χ4n) is 3.36. The first-order valence-corrected chi connectivity index (χ1v) is 8.77. The molecular formula is C20H23N3O3. The number of carbonyl (C=O) groups is 2. The van der Waals surface area contributed by atoms with Crippen molar-refractivity contribution in [2.45, 2.75) is 31.8 Å². The summed E-state index contributed by atoms with van der Waals surface area (Å²) < 4.78 is 0. The van der Waals surface area contributed by atoms with Gasteiger partial charge in [0.15, 0.2) is 0 Å². The number of aliphatic hydroxyl groups is 1. The Morgan fingerprint density at radius 3 is 2.81 bits per heavy atom. The maximum Gasteiger partial charge on any atom is 0.243 e. The van der Waals surface area contributed by atoms with E-state index in [1.165, 1.54) is 4.90 Å². The lowest BCUT2D eigenvalue weighted by Crippen LogP contribution is -2.44. The van der Waals surface area contributed by atoms with Gasteiger partial charge in [-0.05, 0) is 42.5 Å². The van der Waals surface area contributed by atoms with Crippen molar-refractivity contribution in [3.05, 3.63) is 53.9 Å². The zero-order valence-corrected chi connectivity index (χ0v) is 14.8. The zero-order chi connectivity index (χ0) is 18.5. The average Bonchev–Trinajstić information content (AvgIpc) is 3.15. The molecule has 2 amide bonds. The molecule has 1 aromatic carbocycles. The van der Waals surface area contributed by atoms with Crippen LogP contribution in [0, 0.1) is 6.92 Å². The maximum absolute atomic E-state index is 12.5. The number of benzene rings is 1. The third-order valence-electron chi connectivity index (χ3n) is 4.89. The lowest BCUT2D eigenvalue weighted by Gasteiger charge is -2.23. The van der Waals surface area contributed by atoms with E-state index in [1.54, 1.807) is 6.20 Å². The van der Waals surface area contributed by atoms with Gasteiger partial charge in [0.05, 0.1) is 12.6 Å². The molecular weight excluding hydrogens is 330 g/mol. The number of aryl methyl sites for hydroxylation is 1. The monoisotopic (exact) mass is 353 g/mol. The van der Waals surface area contributed by atoms with Crippen molar-refractivity contribution in [3.8, 4) is 11.1 Å². The Morgan fingerprint density at radius 1 is 1.38 bits per heavy atom. The Balaban J connectivity index is 1.73. The van der Waals surface area contributed by atoms with Crippen molar-refractivity contribution in [1.82, 2.24) is 15.2 Å². The maximum atomic E-state index is 12.5. The number of hydrogen-bond acceptors (Lipinski definition) is 4. The molecule has 2 aromatic rings. The second-order valence-electron chi connectivity index (χ2n) is 6.56. The summed E-state index contributed by atoms with van der Waals surface area (Å²) in [4.78, 5) is 29.2. The fourth-order valence-corrected chi connectivity index (χ4v) is 3.36. The first kappa shape index (κ1) is 18.1. The molecule has 2 atom stereocenters. The Bertz CT molecular complexity index is 776. The molecule has 6 heteroatoms. The summed E-state index contributed by atoms with van der Waals surface area (Å²) >= 11 is 0. The number of likely N-dealkylation sites (tertiary alicyclic amines) is 1. The van der Waals surface area contributed by atoms with Crippen LogP contribution in [0.5, 0.6) is 0 Å². The van der Waals surface area contributed by atoms with E-state index in [0.717, 1.165) is 35.1 Å². The van der Waals surface area contributed by atoms with E-state index in [4.69, 9.17) is 0 Å². The third kappa shape index (κ3) is 3.75. The SMILES string of the molecule is Cc1ccncc1-c1ccc(C(CO)NC(=O)C2CCCN2C=O)cc1. The Hall–Kier alpha value is -2.73. The van der Waals surface area contributed by atoms with Gasteiger partial charge in [-0.3, -0.25) is 14.6 Å². The first-order chi connectivity index (χ1) is 12.6. The molecule has 1 saturated heterocycles. The van der Waals surface area contributed by atoms with Crippen LogP contribution in [0.3, 0.4) is 0 Å². The normalized spacial score (nSPS) is 17.8. The smallest absolute Gasteiger partial charge is 0.243 e. The molecule has 2 unspecified atom stereocenters. The number of nitrogens with one attached hydrogen (secondary N) is 1. The van der Waals surface area contributed by atoms with Crippen molar-refractivity contribution in [3.63, 3.8) is 0 Å². The second kappa shape index (κ2) is 8.10. The number of amides is 2. The minimum Gasteiger partial charge on any atom is -0.394 e. The molecule has 1 fully saturated rings. The summed E-state index contributed by atoms with van der Waals surface area (Å²) in [5.74, 6) is -0.221. The number of nitrogens with zero attached hydrogens (tertiary/aromatic N) is 2. The van der Waals surface area contributed by atoms with Gasteiger partial charge < -0.3 is 15.3 Å². The Morgan fingerprint density at radius 2 is 2.15 bits per heavy atom. The standard InChI is InChI=1S/C20H23N3O3/c1-14-8-9-21-11-17(14)15-4-6-16(7-5-15)18(12-24)22-20(26)19-3-2-10-23(19)13-25/h4-9,11,13,18-19,24H,2-3,10,12H2,1H3,(H,22,26). The number of carbonyl (C=O) groups excluding carboxylic acids is 2. The molecule has 0 saturated carbocycles. The van der Waals surface area contributed by atoms with E-state index in [2.05, 4.69) is 10.3 Å². The van der Waals surface area contributed by atoms with Gasteiger partial charge in [0.2, 0.25) is 12.3 Å². The molecule has 136 valence electrons. The molecule has 2 N–H and O–H groups in total. The number of aromatic nitrogens is 1. The lowest BCUT2D eigenvalue weighted by molar-refractivity contribution is -0.131. The van der Waals surface area contributed by atoms with Crippen molar-refractivity contribution in [1.29, 1.82) is 0 Å². The highest BCUT2D eigenvalue weighted by Crippen LogP contribution is 2.24. The van der Waals surface area contributed by atoms with Crippen molar-refractivity contribution < 1.29 is 14.7 Å². The van der Waals surface area contributed by atoms with Crippen LogP contribution in [-0.4, -0.2) is 46.5 Å². The minimum atomic E-state index is -0.499. The van der Waals surface area contributed by atoms with Crippen LogP contribution >= 0.6 is 0 Å². The van der Waals surface area contributed by atoms with E-state index < -0.39 is 12.1 Å². The van der Waals surface area contributed by atoms with Crippen LogP contribution in [0.1, 0.15) is 30.0 Å². The summed E-state index contributed by atoms with van der Waals surface area (Å²) in [7, 11) is 0. The molecule has 2 heterocycles. The molecule has 1 aliphatic heterocycles. The Kier molecular flexibility index (Phi) is 5.63. The second-order valence-corrected chi connectivity index (χ2v) is 6.56. The van der Waals surface area contributed by atoms with Crippen LogP contribution in [0.2, 0.25) is 0 Å². The minimum absolute atomic E-state index is 0.204. The number of rotatable bonds is 6. The Labute approximate surface area is 152 Å². The van der Waals surface area contributed by atoms with Gasteiger partial charge in [0, 0.05) is 24.5 Å². The number of hydrogen-bond donors (Lipinski definition) is 2. The van der Waals surface area contributed by atoms with Gasteiger partial charge in [-0.15, -0.1) is 0 Å². The predicted molar refractivity (Wildman–Crippen MR) is 98.2 cm³/mol. The highest BCUT2D eigenvalue weighted by atomic mass is 16.3. The van der Waals surface area contributed by atoms with E-state index in [-0.39, 0.29) is 12.5 Å². The van der Waals surface area contributed by atoms with E-state index in [1.807, 2.05) is 43.5 Å². The van der Waals surface area contributed by atoms with Crippen LogP contribution in [-0.2, 0) is 9.59 Å². The molecule has 1 aliphatic rings. The van der Waals surface area contributed by atoms with Crippen molar-refractivity contribution in [2.24, 2.45) is 0 Å². The van der Waals surface area contributed by atoms with Gasteiger partial charge in [0.1, 0.15) is 6.04 Å². The van der Waals surface area contributed by atoms with Crippen LogP contribution < -0.4 is 5.32 Å². The third-order valence-corrected chi connectivity index (χ3v) is 4.89. The molecule has 0 radical (unpaired) electrons. The number of pyridine rings is 1. The summed E-state index contributed by atoms with van der Waals surface area (Å²) in [6, 6.07) is 8.73. The van der Waals surface area contributed by atoms with Gasteiger partial charge in [0.25, 0.3) is 0 Å². The van der Waals surface area contributed by atoms with Gasteiger partial charge >= 0.3 is 0 Å². The average molecular weight is 353 g/mol. The lowest BCUT2D eigenvalue weighted by atomic mass is 9.99. The van der Waals surface area contributed by atoms with Gasteiger partial charge in [-0.2, -0.15) is 0 Å². The summed E-state index contributed by atoms with van der Waals surface area (Å²) in [6.45, 7) is 2.43. The van der Waals surface area contributed by atoms with E-state index in [9.17, 15) is 14.7 Å². The molecule has 0 bridgehead atoms. The predicted octanol–water partition coefficient (Wildman–Crippen LogP) is 1.83. The number of aliphatic hydroxyl groups excluding tert-OH is 1. The fraction of sp³-hybridized carbons (Fsp3) is 0.350.